The number of pyridine rings is 1. The minimum atomic E-state index is -5.08. The van der Waals surface area contributed by atoms with E-state index in [1.807, 2.05) is 24.3 Å². The summed E-state index contributed by atoms with van der Waals surface area (Å²) in [6.07, 6.45) is -5.08. The Hall–Kier alpha value is -3.29. The van der Waals surface area contributed by atoms with E-state index >= 15 is 0 Å². The van der Waals surface area contributed by atoms with Gasteiger partial charge in [0.05, 0.1) is 17.7 Å². The average Bonchev–Trinajstić information content (AvgIpc) is 2.67. The summed E-state index contributed by atoms with van der Waals surface area (Å²) in [4.78, 5) is 16.0. The van der Waals surface area contributed by atoms with Crippen LogP contribution in [0.4, 0.5) is 24.7 Å². The maximum atomic E-state index is 10.6. The maximum absolute atomic E-state index is 10.6. The van der Waals surface area contributed by atoms with Gasteiger partial charge < -0.3 is 14.7 Å². The lowest BCUT2D eigenvalue weighted by Crippen LogP contribution is -2.29. The molecule has 0 radical (unpaired) electrons. The zero-order chi connectivity index (χ0) is 20.3. The van der Waals surface area contributed by atoms with E-state index in [1.165, 1.54) is 10.9 Å². The molecule has 0 spiro atoms. The van der Waals surface area contributed by atoms with Gasteiger partial charge >= 0.3 is 12.1 Å². The fourth-order valence-corrected chi connectivity index (χ4v) is 2.88. The molecule has 0 saturated carbocycles. The number of aryl methyl sites for hydroxylation is 1. The molecule has 0 fully saturated rings. The van der Waals surface area contributed by atoms with Crippen molar-refractivity contribution in [2.45, 2.75) is 13.1 Å². The average molecular weight is 390 g/mol. The van der Waals surface area contributed by atoms with E-state index in [2.05, 4.69) is 42.2 Å². The molecule has 1 N–H and O–H groups in total. The molecule has 0 bridgehead atoms. The maximum Gasteiger partial charge on any atom is 0.490 e. The van der Waals surface area contributed by atoms with E-state index in [0.717, 1.165) is 29.3 Å². The number of carbonyl (C=O) groups is 1. The Morgan fingerprint density at radius 1 is 1.14 bits per heavy atom. The Kier molecular flexibility index (Phi) is 5.39. The van der Waals surface area contributed by atoms with Gasteiger partial charge in [0.2, 0.25) is 0 Å². The summed E-state index contributed by atoms with van der Waals surface area (Å²) in [5, 5.41) is 8.34. The first-order valence-corrected chi connectivity index (χ1v) is 8.43. The Morgan fingerprint density at radius 2 is 1.79 bits per heavy atom. The predicted molar refractivity (Wildman–Crippen MR) is 99.1 cm³/mol. The van der Waals surface area contributed by atoms with Crippen LogP contribution in [0.2, 0.25) is 0 Å². The molecule has 1 aliphatic heterocycles. The molecule has 146 valence electrons. The lowest BCUT2D eigenvalue weighted by atomic mass is 10.1. The van der Waals surface area contributed by atoms with Crippen molar-refractivity contribution in [1.82, 2.24) is 4.98 Å². The van der Waals surface area contributed by atoms with Gasteiger partial charge in [-0.2, -0.15) is 13.2 Å². The Labute approximate surface area is 159 Å². The number of alkyl halides is 3. The van der Waals surface area contributed by atoms with Crippen molar-refractivity contribution in [1.29, 1.82) is 0 Å². The number of anilines is 2. The number of carboxylic acid groups (broad SMARTS) is 1. The number of nitrogens with zero attached hydrogens (tertiary/aromatic N) is 2. The summed E-state index contributed by atoms with van der Waals surface area (Å²) in [6.45, 7) is 3.65. The molecule has 4 rings (SSSR count). The van der Waals surface area contributed by atoms with E-state index < -0.39 is 12.1 Å². The largest absolute Gasteiger partial charge is 0.490 e. The molecule has 5 nitrogen and oxygen atoms in total. The van der Waals surface area contributed by atoms with Crippen molar-refractivity contribution in [3.05, 3.63) is 60.2 Å². The monoisotopic (exact) mass is 390 g/mol. The van der Waals surface area contributed by atoms with E-state index in [4.69, 9.17) is 19.6 Å². The van der Waals surface area contributed by atoms with Crippen LogP contribution in [-0.2, 0) is 4.79 Å². The first-order chi connectivity index (χ1) is 13.3. The molecule has 0 unspecified atom stereocenters. The Balaban J connectivity index is 0.000000279. The van der Waals surface area contributed by atoms with E-state index in [0.29, 0.717) is 6.61 Å². The van der Waals surface area contributed by atoms with Crippen LogP contribution in [-0.4, -0.2) is 35.4 Å². The van der Waals surface area contributed by atoms with Gasteiger partial charge in [-0.1, -0.05) is 30.3 Å². The van der Waals surface area contributed by atoms with E-state index in [9.17, 15) is 13.2 Å². The lowest BCUT2D eigenvalue weighted by molar-refractivity contribution is -0.192. The molecule has 0 saturated heterocycles. The number of para-hydroxylation sites is 3. The number of rotatable bonds is 1. The number of carboxylic acids is 1. The highest BCUT2D eigenvalue weighted by Crippen LogP contribution is 2.36. The molecule has 8 heteroatoms. The van der Waals surface area contributed by atoms with Gasteiger partial charge in [0, 0.05) is 5.39 Å². The number of benzene rings is 2. The number of aromatic nitrogens is 1. The fourth-order valence-electron chi connectivity index (χ4n) is 2.88. The molecule has 0 amide bonds. The standard InChI is InChI=1S/C18H16N2O.C2HF3O2/c1-13-12-18(19-15-7-3-2-6-14(13)15)20-10-11-21-17-9-5-4-8-16(17)20;3-2(4,5)1(6)7/h2-9,12H,10-11H2,1H3;(H,6,7). The molecule has 2 heterocycles. The van der Waals surface area contributed by atoms with Gasteiger partial charge in [0.25, 0.3) is 0 Å². The molecule has 1 aliphatic rings. The van der Waals surface area contributed by atoms with E-state index in [1.54, 1.807) is 0 Å². The summed E-state index contributed by atoms with van der Waals surface area (Å²) in [7, 11) is 0. The number of halogens is 3. The molecular weight excluding hydrogens is 373 g/mol. The Morgan fingerprint density at radius 3 is 2.50 bits per heavy atom. The highest BCUT2D eigenvalue weighted by Gasteiger charge is 2.38. The topological polar surface area (TPSA) is 62.7 Å². The van der Waals surface area contributed by atoms with Crippen LogP contribution in [0.1, 0.15) is 5.56 Å². The van der Waals surface area contributed by atoms with Gasteiger partial charge in [-0.15, -0.1) is 0 Å². The first kappa shape index (κ1) is 19.5. The molecule has 2 aromatic carbocycles. The van der Waals surface area contributed by atoms with Gasteiger partial charge in [-0.25, -0.2) is 9.78 Å². The van der Waals surface area contributed by atoms with Crippen molar-refractivity contribution >= 4 is 28.4 Å². The second kappa shape index (κ2) is 7.75. The molecule has 3 aromatic rings. The fraction of sp³-hybridized carbons (Fsp3) is 0.200. The summed E-state index contributed by atoms with van der Waals surface area (Å²) in [5.74, 6) is -0.842. The molecule has 0 atom stereocenters. The predicted octanol–water partition coefficient (Wildman–Crippen LogP) is 4.71. The second-order valence-electron chi connectivity index (χ2n) is 6.09. The second-order valence-corrected chi connectivity index (χ2v) is 6.09. The highest BCUT2D eigenvalue weighted by atomic mass is 19.4. The Bertz CT molecular complexity index is 1010. The van der Waals surface area contributed by atoms with Gasteiger partial charge in [-0.3, -0.25) is 0 Å². The third kappa shape index (κ3) is 4.16. The van der Waals surface area contributed by atoms with Crippen molar-refractivity contribution in [3.63, 3.8) is 0 Å². The minimum absolute atomic E-state index is 0.685. The quantitative estimate of drug-likeness (QED) is 0.652. The lowest BCUT2D eigenvalue weighted by Gasteiger charge is -2.30. The normalized spacial score (nSPS) is 13.2. The van der Waals surface area contributed by atoms with Crippen molar-refractivity contribution in [2.24, 2.45) is 0 Å². The highest BCUT2D eigenvalue weighted by molar-refractivity contribution is 5.85. The molecule has 28 heavy (non-hydrogen) atoms. The third-order valence-corrected chi connectivity index (χ3v) is 4.16. The molecule has 1 aromatic heterocycles. The number of aliphatic carboxylic acids is 1. The number of hydrogen-bond donors (Lipinski definition) is 1. The summed E-state index contributed by atoms with van der Waals surface area (Å²) >= 11 is 0. The summed E-state index contributed by atoms with van der Waals surface area (Å²) in [6, 6.07) is 18.6. The SMILES string of the molecule is Cc1cc(N2CCOc3ccccc32)nc2ccccc12.O=C(O)C(F)(F)F. The summed E-state index contributed by atoms with van der Waals surface area (Å²) < 4.78 is 37.5. The van der Waals surface area contributed by atoms with Gasteiger partial charge in [0.1, 0.15) is 18.2 Å². The van der Waals surface area contributed by atoms with Gasteiger partial charge in [-0.05, 0) is 36.8 Å². The van der Waals surface area contributed by atoms with Crippen LogP contribution < -0.4 is 9.64 Å². The number of ether oxygens (including phenoxy) is 1. The first-order valence-electron chi connectivity index (χ1n) is 8.43. The van der Waals surface area contributed by atoms with Crippen LogP contribution in [0.5, 0.6) is 5.75 Å². The third-order valence-electron chi connectivity index (χ3n) is 4.16. The van der Waals surface area contributed by atoms with Crippen molar-refractivity contribution in [3.8, 4) is 5.75 Å². The zero-order valence-corrected chi connectivity index (χ0v) is 14.9. The van der Waals surface area contributed by atoms with Crippen LogP contribution >= 0.6 is 0 Å². The van der Waals surface area contributed by atoms with Crippen LogP contribution in [0.3, 0.4) is 0 Å². The van der Waals surface area contributed by atoms with Crippen LogP contribution in [0.15, 0.2) is 54.6 Å². The minimum Gasteiger partial charge on any atom is -0.490 e. The van der Waals surface area contributed by atoms with Crippen LogP contribution in [0.25, 0.3) is 10.9 Å². The summed E-state index contributed by atoms with van der Waals surface area (Å²) in [5.41, 5.74) is 3.38. The smallest absolute Gasteiger partial charge is 0.490 e. The van der Waals surface area contributed by atoms with Crippen LogP contribution in [0, 0.1) is 6.92 Å². The van der Waals surface area contributed by atoms with Crippen molar-refractivity contribution < 1.29 is 27.8 Å². The van der Waals surface area contributed by atoms with Gasteiger partial charge in [0.15, 0.2) is 0 Å². The number of hydrogen-bond acceptors (Lipinski definition) is 4. The van der Waals surface area contributed by atoms with Crippen molar-refractivity contribution in [2.75, 3.05) is 18.1 Å². The molecule has 0 aliphatic carbocycles. The van der Waals surface area contributed by atoms with E-state index in [-0.39, 0.29) is 0 Å². The molecular formula is C20H17F3N2O3. The number of fused-ring (bicyclic) bond motifs is 2. The zero-order valence-electron chi connectivity index (χ0n) is 14.9.